The van der Waals surface area contributed by atoms with Crippen molar-refractivity contribution in [3.63, 3.8) is 0 Å². The minimum Gasteiger partial charge on any atom is -0.299 e. The molecule has 0 amide bonds. The molecule has 0 heterocycles. The minimum atomic E-state index is 0.537. The Hall–Kier alpha value is -0.330. The maximum Gasteiger partial charge on any atom is 0.139 e. The summed E-state index contributed by atoms with van der Waals surface area (Å²) in [4.78, 5) is 11.4. The van der Waals surface area contributed by atoms with Crippen molar-refractivity contribution < 1.29 is 4.79 Å². The molecule has 5 aliphatic carbocycles. The van der Waals surface area contributed by atoms with Crippen LogP contribution < -0.4 is 0 Å². The first kappa shape index (κ1) is 4.53. The van der Waals surface area contributed by atoms with Crippen LogP contribution in [0.1, 0.15) is 12.8 Å². The van der Waals surface area contributed by atoms with Crippen LogP contribution in [0, 0.1) is 35.5 Å². The van der Waals surface area contributed by atoms with Gasteiger partial charge >= 0.3 is 0 Å². The van der Waals surface area contributed by atoms with Gasteiger partial charge in [0, 0.05) is 11.8 Å². The SMILES string of the molecule is O=C1C2C[C@@H]3C4C1C4[C@@H]3C2. The van der Waals surface area contributed by atoms with Crippen LogP contribution in [0.15, 0.2) is 0 Å². The summed E-state index contributed by atoms with van der Waals surface area (Å²) in [5, 5.41) is 0. The molecule has 5 rings (SSSR count). The number of ketones is 1. The number of hydrogen-bond donors (Lipinski definition) is 0. The lowest BCUT2D eigenvalue weighted by atomic mass is 9.77. The predicted molar refractivity (Wildman–Crippen MR) is 35.2 cm³/mol. The van der Waals surface area contributed by atoms with Gasteiger partial charge in [-0.25, -0.2) is 0 Å². The summed E-state index contributed by atoms with van der Waals surface area (Å²) in [6.45, 7) is 0. The molecule has 4 bridgehead atoms. The molecule has 5 saturated carbocycles. The third-order valence-corrected chi connectivity index (χ3v) is 4.52. The normalized spacial score (nSPS) is 73.4. The van der Waals surface area contributed by atoms with Gasteiger partial charge < -0.3 is 0 Å². The van der Waals surface area contributed by atoms with E-state index in [0.29, 0.717) is 17.6 Å². The van der Waals surface area contributed by atoms with Gasteiger partial charge in [0.15, 0.2) is 0 Å². The summed E-state index contributed by atoms with van der Waals surface area (Å²) in [7, 11) is 0. The highest BCUT2D eigenvalue weighted by atomic mass is 16.1. The first-order valence-electron chi connectivity index (χ1n) is 4.41. The quantitative estimate of drug-likeness (QED) is 0.484. The Morgan fingerprint density at radius 2 is 1.70 bits per heavy atom. The van der Waals surface area contributed by atoms with Crippen LogP contribution >= 0.6 is 0 Å². The molecule has 0 radical (unpaired) electrons. The van der Waals surface area contributed by atoms with Crippen LogP contribution in [0.25, 0.3) is 0 Å². The van der Waals surface area contributed by atoms with Crippen molar-refractivity contribution in [2.24, 2.45) is 35.5 Å². The molecule has 4 unspecified atom stereocenters. The second-order valence-corrected chi connectivity index (χ2v) is 4.58. The molecule has 0 aromatic heterocycles. The highest BCUT2D eigenvalue weighted by molar-refractivity contribution is 5.90. The van der Waals surface area contributed by atoms with Gasteiger partial charge in [-0.3, -0.25) is 4.79 Å². The maximum atomic E-state index is 11.4. The van der Waals surface area contributed by atoms with Gasteiger partial charge in [-0.15, -0.1) is 0 Å². The Bertz CT molecular complexity index is 223. The summed E-state index contributed by atoms with van der Waals surface area (Å²) >= 11 is 0. The van der Waals surface area contributed by atoms with E-state index in [2.05, 4.69) is 0 Å². The fourth-order valence-corrected chi connectivity index (χ4v) is 4.19. The second-order valence-electron chi connectivity index (χ2n) is 4.58. The molecule has 1 heteroatoms. The number of hydrogen-bond acceptors (Lipinski definition) is 1. The van der Waals surface area contributed by atoms with Gasteiger partial charge in [-0.2, -0.15) is 0 Å². The van der Waals surface area contributed by atoms with E-state index in [0.717, 1.165) is 23.7 Å². The molecule has 0 aliphatic heterocycles. The van der Waals surface area contributed by atoms with Crippen molar-refractivity contribution >= 4 is 5.78 Å². The third kappa shape index (κ3) is 0.240. The van der Waals surface area contributed by atoms with E-state index in [1.54, 1.807) is 0 Å². The lowest BCUT2D eigenvalue weighted by molar-refractivity contribution is -0.125. The maximum absolute atomic E-state index is 11.4. The van der Waals surface area contributed by atoms with Crippen molar-refractivity contribution in [2.75, 3.05) is 0 Å². The molecule has 0 spiro atoms. The fraction of sp³-hybridized carbons (Fsp3) is 0.889. The van der Waals surface area contributed by atoms with Crippen LogP contribution in [0.3, 0.4) is 0 Å². The van der Waals surface area contributed by atoms with E-state index >= 15 is 0 Å². The first-order chi connectivity index (χ1) is 4.88. The number of carbonyl (C=O) groups excluding carboxylic acids is 1. The molecular formula is C9H10O. The average molecular weight is 134 g/mol. The predicted octanol–water partition coefficient (Wildman–Crippen LogP) is 1.09. The summed E-state index contributed by atoms with van der Waals surface area (Å²) in [5.41, 5.74) is 0. The Balaban J connectivity index is 1.94. The van der Waals surface area contributed by atoms with Gasteiger partial charge in [0.1, 0.15) is 5.78 Å². The Morgan fingerprint density at radius 3 is 2.30 bits per heavy atom. The third-order valence-electron chi connectivity index (χ3n) is 4.52. The van der Waals surface area contributed by atoms with Gasteiger partial charge in [-0.05, 0) is 36.5 Å². The Morgan fingerprint density at radius 1 is 1.10 bits per heavy atom. The summed E-state index contributed by atoms with van der Waals surface area (Å²) in [6, 6.07) is 0. The second kappa shape index (κ2) is 0.992. The Labute approximate surface area is 59.8 Å². The summed E-state index contributed by atoms with van der Waals surface area (Å²) < 4.78 is 0. The van der Waals surface area contributed by atoms with E-state index in [1.807, 2.05) is 0 Å². The number of carbonyl (C=O) groups is 1. The van der Waals surface area contributed by atoms with Crippen LogP contribution in [0.2, 0.25) is 0 Å². The number of Topliss-reactive ketones (excluding diaryl/α,β-unsaturated/α-hetero) is 1. The van der Waals surface area contributed by atoms with Crippen LogP contribution in [0.4, 0.5) is 0 Å². The van der Waals surface area contributed by atoms with Crippen molar-refractivity contribution in [3.8, 4) is 0 Å². The van der Waals surface area contributed by atoms with Crippen LogP contribution in [-0.4, -0.2) is 5.78 Å². The molecule has 0 aromatic carbocycles. The molecular weight excluding hydrogens is 124 g/mol. The van der Waals surface area contributed by atoms with Crippen LogP contribution in [-0.2, 0) is 4.79 Å². The molecule has 1 nitrogen and oxygen atoms in total. The van der Waals surface area contributed by atoms with Crippen LogP contribution in [0.5, 0.6) is 0 Å². The van der Waals surface area contributed by atoms with Gasteiger partial charge in [0.2, 0.25) is 0 Å². The van der Waals surface area contributed by atoms with Crippen molar-refractivity contribution in [3.05, 3.63) is 0 Å². The largest absolute Gasteiger partial charge is 0.299 e. The summed E-state index contributed by atoms with van der Waals surface area (Å²) in [6.07, 6.45) is 2.56. The number of rotatable bonds is 0. The molecule has 6 atom stereocenters. The lowest BCUT2D eigenvalue weighted by Crippen LogP contribution is -2.23. The minimum absolute atomic E-state index is 0.537. The highest BCUT2D eigenvalue weighted by Crippen LogP contribution is 2.78. The zero-order valence-electron chi connectivity index (χ0n) is 5.79. The van der Waals surface area contributed by atoms with E-state index in [-0.39, 0.29) is 0 Å². The highest BCUT2D eigenvalue weighted by Gasteiger charge is 2.78. The molecule has 0 aromatic rings. The van der Waals surface area contributed by atoms with Crippen molar-refractivity contribution in [1.29, 1.82) is 0 Å². The molecule has 0 N–H and O–H groups in total. The molecule has 52 valence electrons. The summed E-state index contributed by atoms with van der Waals surface area (Å²) in [5.74, 6) is 5.67. The van der Waals surface area contributed by atoms with E-state index in [9.17, 15) is 4.79 Å². The van der Waals surface area contributed by atoms with E-state index < -0.39 is 0 Å². The van der Waals surface area contributed by atoms with Crippen molar-refractivity contribution in [2.45, 2.75) is 12.8 Å². The monoisotopic (exact) mass is 134 g/mol. The Kier molecular flexibility index (Phi) is 0.449. The molecule has 10 heavy (non-hydrogen) atoms. The standard InChI is InChI=1S/C9H10O/c10-9-3-1-4-5(2-3)7-6(4)8(7)9/h3-8H,1-2H2/t3?,4-,5+,6?,7?,8?. The van der Waals surface area contributed by atoms with Gasteiger partial charge in [0.05, 0.1) is 0 Å². The zero-order chi connectivity index (χ0) is 6.46. The zero-order valence-corrected chi connectivity index (χ0v) is 5.79. The van der Waals surface area contributed by atoms with Crippen molar-refractivity contribution in [1.82, 2.24) is 0 Å². The smallest absolute Gasteiger partial charge is 0.139 e. The first-order valence-corrected chi connectivity index (χ1v) is 4.41. The van der Waals surface area contributed by atoms with Gasteiger partial charge in [-0.1, -0.05) is 0 Å². The van der Waals surface area contributed by atoms with E-state index in [1.165, 1.54) is 12.8 Å². The van der Waals surface area contributed by atoms with E-state index in [4.69, 9.17) is 0 Å². The lowest BCUT2D eigenvalue weighted by Gasteiger charge is -2.28. The fourth-order valence-electron chi connectivity index (χ4n) is 4.19. The topological polar surface area (TPSA) is 17.1 Å². The average Bonchev–Trinajstić information content (AvgIpc) is 2.54. The molecule has 5 fully saturated rings. The van der Waals surface area contributed by atoms with Gasteiger partial charge in [0.25, 0.3) is 0 Å². The molecule has 0 saturated heterocycles. The molecule has 5 aliphatic rings.